The number of hydrogen-bond donors (Lipinski definition) is 1. The Morgan fingerprint density at radius 3 is 2.60 bits per heavy atom. The lowest BCUT2D eigenvalue weighted by Gasteiger charge is -2.08. The largest absolute Gasteiger partial charge is 0.465 e. The van der Waals surface area contributed by atoms with E-state index >= 15 is 0 Å². The van der Waals surface area contributed by atoms with E-state index in [0.717, 1.165) is 5.56 Å². The highest BCUT2D eigenvalue weighted by Crippen LogP contribution is 2.25. The van der Waals surface area contributed by atoms with E-state index in [1.165, 1.54) is 7.11 Å². The van der Waals surface area contributed by atoms with Gasteiger partial charge in [-0.2, -0.15) is 9.97 Å². The SMILES string of the molecule is CCOc1nc(N)c2nc(Br)n(Cc3ccc(C(=O)OC)cc3)c2n1. The van der Waals surface area contributed by atoms with Gasteiger partial charge < -0.3 is 15.2 Å². The Hall–Kier alpha value is -2.68. The Morgan fingerprint density at radius 1 is 1.24 bits per heavy atom. The van der Waals surface area contributed by atoms with E-state index in [-0.39, 0.29) is 17.8 Å². The van der Waals surface area contributed by atoms with Crippen LogP contribution >= 0.6 is 15.9 Å². The van der Waals surface area contributed by atoms with Gasteiger partial charge in [-0.3, -0.25) is 4.57 Å². The van der Waals surface area contributed by atoms with E-state index in [9.17, 15) is 4.79 Å². The van der Waals surface area contributed by atoms with Crippen LogP contribution in [0.1, 0.15) is 22.8 Å². The van der Waals surface area contributed by atoms with Crippen molar-refractivity contribution in [3.05, 3.63) is 40.1 Å². The van der Waals surface area contributed by atoms with Crippen LogP contribution in [0.25, 0.3) is 11.2 Å². The number of halogens is 1. The number of nitrogen functional groups attached to an aromatic ring is 1. The number of carbonyl (C=O) groups is 1. The molecular formula is C16H16BrN5O3. The summed E-state index contributed by atoms with van der Waals surface area (Å²) in [7, 11) is 1.35. The number of imidazole rings is 1. The molecule has 0 saturated carbocycles. The highest BCUT2D eigenvalue weighted by molar-refractivity contribution is 9.10. The predicted molar refractivity (Wildman–Crippen MR) is 95.5 cm³/mol. The first-order chi connectivity index (χ1) is 12.0. The maximum absolute atomic E-state index is 11.5. The number of hydrogen-bond acceptors (Lipinski definition) is 7. The van der Waals surface area contributed by atoms with Crippen LogP contribution in [0.4, 0.5) is 5.82 Å². The molecule has 3 aromatic rings. The zero-order chi connectivity index (χ0) is 18.0. The number of anilines is 1. The summed E-state index contributed by atoms with van der Waals surface area (Å²) in [5.41, 5.74) is 8.48. The van der Waals surface area contributed by atoms with Crippen LogP contribution in [0, 0.1) is 0 Å². The van der Waals surface area contributed by atoms with Crippen molar-refractivity contribution in [3.63, 3.8) is 0 Å². The fraction of sp³-hybridized carbons (Fsp3) is 0.250. The summed E-state index contributed by atoms with van der Waals surface area (Å²) in [5, 5.41) is 0. The van der Waals surface area contributed by atoms with Crippen molar-refractivity contribution in [1.82, 2.24) is 19.5 Å². The number of carbonyl (C=O) groups excluding carboxylic acids is 1. The summed E-state index contributed by atoms with van der Waals surface area (Å²) in [4.78, 5) is 24.4. The van der Waals surface area contributed by atoms with Gasteiger partial charge in [0.05, 0.1) is 25.8 Å². The molecule has 2 N–H and O–H groups in total. The first-order valence-corrected chi connectivity index (χ1v) is 8.32. The zero-order valence-corrected chi connectivity index (χ0v) is 15.3. The third-order valence-electron chi connectivity index (χ3n) is 3.54. The Labute approximate surface area is 152 Å². The number of benzene rings is 1. The molecule has 25 heavy (non-hydrogen) atoms. The molecule has 2 heterocycles. The molecule has 8 nitrogen and oxygen atoms in total. The summed E-state index contributed by atoms with van der Waals surface area (Å²) in [6, 6.07) is 7.32. The van der Waals surface area contributed by atoms with E-state index < -0.39 is 0 Å². The maximum atomic E-state index is 11.5. The lowest BCUT2D eigenvalue weighted by atomic mass is 10.1. The molecule has 0 atom stereocenters. The normalized spacial score (nSPS) is 10.8. The Morgan fingerprint density at radius 2 is 1.96 bits per heavy atom. The molecule has 1 aromatic carbocycles. The molecule has 0 aliphatic rings. The fourth-order valence-corrected chi connectivity index (χ4v) is 2.83. The predicted octanol–water partition coefficient (Wildman–Crippen LogP) is 2.40. The van der Waals surface area contributed by atoms with Crippen molar-refractivity contribution >= 4 is 38.9 Å². The van der Waals surface area contributed by atoms with E-state index in [1.807, 2.05) is 23.6 Å². The second kappa shape index (κ2) is 7.06. The number of aromatic nitrogens is 4. The summed E-state index contributed by atoms with van der Waals surface area (Å²) >= 11 is 3.43. The summed E-state index contributed by atoms with van der Waals surface area (Å²) < 4.78 is 12.5. The van der Waals surface area contributed by atoms with Crippen LogP contribution in [0.5, 0.6) is 6.01 Å². The van der Waals surface area contributed by atoms with Crippen molar-refractivity contribution in [1.29, 1.82) is 0 Å². The summed E-state index contributed by atoms with van der Waals surface area (Å²) in [6.45, 7) is 2.77. The fourth-order valence-electron chi connectivity index (χ4n) is 2.35. The molecule has 0 aliphatic carbocycles. The van der Waals surface area contributed by atoms with Crippen LogP contribution in [0.3, 0.4) is 0 Å². The van der Waals surface area contributed by atoms with Crippen LogP contribution in [-0.2, 0) is 11.3 Å². The molecule has 0 radical (unpaired) electrons. The molecule has 0 spiro atoms. The van der Waals surface area contributed by atoms with Crippen molar-refractivity contribution in [2.75, 3.05) is 19.5 Å². The van der Waals surface area contributed by atoms with Crippen molar-refractivity contribution < 1.29 is 14.3 Å². The van der Waals surface area contributed by atoms with Gasteiger partial charge in [-0.25, -0.2) is 9.78 Å². The summed E-state index contributed by atoms with van der Waals surface area (Å²) in [5.74, 6) is -0.114. The van der Waals surface area contributed by atoms with E-state index in [4.69, 9.17) is 15.2 Å². The minimum absolute atomic E-state index is 0.210. The average molecular weight is 406 g/mol. The number of esters is 1. The number of ether oxygens (including phenoxy) is 2. The zero-order valence-electron chi connectivity index (χ0n) is 13.7. The van der Waals surface area contributed by atoms with E-state index in [0.29, 0.717) is 34.6 Å². The highest BCUT2D eigenvalue weighted by Gasteiger charge is 2.16. The molecule has 0 unspecified atom stereocenters. The number of rotatable bonds is 5. The molecule has 130 valence electrons. The number of fused-ring (bicyclic) bond motifs is 1. The lowest BCUT2D eigenvalue weighted by molar-refractivity contribution is 0.0600. The molecule has 0 saturated heterocycles. The topological polar surface area (TPSA) is 105 Å². The van der Waals surface area contributed by atoms with Gasteiger partial charge in [-0.1, -0.05) is 12.1 Å². The Kier molecular flexibility index (Phi) is 4.84. The molecule has 0 fully saturated rings. The minimum Gasteiger partial charge on any atom is -0.465 e. The smallest absolute Gasteiger partial charge is 0.337 e. The van der Waals surface area contributed by atoms with E-state index in [2.05, 4.69) is 30.9 Å². The monoisotopic (exact) mass is 405 g/mol. The van der Waals surface area contributed by atoms with Gasteiger partial charge in [-0.05, 0) is 40.5 Å². The standard InChI is InChI=1S/C16H16BrN5O3/c1-3-25-16-20-12(18)11-13(21-16)22(15(17)19-11)8-9-4-6-10(7-5-9)14(23)24-2/h4-7H,3,8H2,1-2H3,(H2,18,20,21). The molecule has 9 heteroatoms. The van der Waals surface area contributed by atoms with Crippen molar-refractivity contribution in [3.8, 4) is 6.01 Å². The Bertz CT molecular complexity index is 924. The van der Waals surface area contributed by atoms with Crippen LogP contribution in [0.15, 0.2) is 29.0 Å². The molecule has 0 aliphatic heterocycles. The number of methoxy groups -OCH3 is 1. The lowest BCUT2D eigenvalue weighted by Crippen LogP contribution is -2.06. The van der Waals surface area contributed by atoms with Gasteiger partial charge in [0.1, 0.15) is 0 Å². The molecule has 3 rings (SSSR count). The molecule has 0 amide bonds. The first-order valence-electron chi connectivity index (χ1n) is 7.52. The molecule has 0 bridgehead atoms. The van der Waals surface area contributed by atoms with Crippen LogP contribution < -0.4 is 10.5 Å². The molecule has 2 aromatic heterocycles. The first kappa shape index (κ1) is 17.2. The highest BCUT2D eigenvalue weighted by atomic mass is 79.9. The van der Waals surface area contributed by atoms with Crippen LogP contribution in [0.2, 0.25) is 0 Å². The van der Waals surface area contributed by atoms with Crippen molar-refractivity contribution in [2.45, 2.75) is 13.5 Å². The average Bonchev–Trinajstić information content (AvgIpc) is 2.92. The van der Waals surface area contributed by atoms with Gasteiger partial charge in [0.15, 0.2) is 21.7 Å². The summed E-state index contributed by atoms with van der Waals surface area (Å²) in [6.07, 6.45) is 0. The van der Waals surface area contributed by atoms with Gasteiger partial charge in [0.2, 0.25) is 0 Å². The maximum Gasteiger partial charge on any atom is 0.337 e. The second-order valence-electron chi connectivity index (χ2n) is 5.15. The minimum atomic E-state index is -0.373. The number of nitrogens with two attached hydrogens (primary N) is 1. The van der Waals surface area contributed by atoms with Gasteiger partial charge >= 0.3 is 12.0 Å². The van der Waals surface area contributed by atoms with Crippen molar-refractivity contribution in [2.24, 2.45) is 0 Å². The van der Waals surface area contributed by atoms with Crippen LogP contribution in [-0.4, -0.2) is 39.2 Å². The third-order valence-corrected chi connectivity index (χ3v) is 4.15. The Balaban J connectivity index is 1.97. The molecular weight excluding hydrogens is 390 g/mol. The second-order valence-corrected chi connectivity index (χ2v) is 5.86. The van der Waals surface area contributed by atoms with Gasteiger partial charge in [-0.15, -0.1) is 0 Å². The van der Waals surface area contributed by atoms with E-state index in [1.54, 1.807) is 12.1 Å². The van der Waals surface area contributed by atoms with Gasteiger partial charge in [0, 0.05) is 0 Å². The quantitative estimate of drug-likeness (QED) is 0.512. The number of nitrogens with zero attached hydrogens (tertiary/aromatic N) is 4. The van der Waals surface area contributed by atoms with Gasteiger partial charge in [0.25, 0.3) is 0 Å². The third kappa shape index (κ3) is 3.41.